The zero-order valence-corrected chi connectivity index (χ0v) is 19.1. The summed E-state index contributed by atoms with van der Waals surface area (Å²) < 4.78 is 12.3. The van der Waals surface area contributed by atoms with Crippen LogP contribution in [-0.2, 0) is 9.93 Å². The highest BCUT2D eigenvalue weighted by atomic mass is 32.2. The van der Waals surface area contributed by atoms with Gasteiger partial charge in [0.15, 0.2) is 0 Å². The van der Waals surface area contributed by atoms with Gasteiger partial charge in [0.05, 0.1) is 16.8 Å². The number of carboxylic acids is 1. The lowest BCUT2D eigenvalue weighted by atomic mass is 10.0. The molecule has 3 N–H and O–H groups in total. The van der Waals surface area contributed by atoms with E-state index in [1.165, 1.54) is 12.1 Å². The van der Waals surface area contributed by atoms with Gasteiger partial charge in [-0.2, -0.15) is 0 Å². The van der Waals surface area contributed by atoms with Crippen molar-refractivity contribution in [1.82, 2.24) is 0 Å². The molecule has 0 aliphatic carbocycles. The fourth-order valence-electron chi connectivity index (χ4n) is 3.88. The van der Waals surface area contributed by atoms with Gasteiger partial charge in [0.25, 0.3) is 5.91 Å². The number of aromatic hydroxyl groups is 1. The van der Waals surface area contributed by atoms with Crippen molar-refractivity contribution in [2.24, 2.45) is 0 Å². The van der Waals surface area contributed by atoms with Crippen LogP contribution in [0.15, 0.2) is 66.7 Å². The molecule has 1 saturated heterocycles. The second kappa shape index (κ2) is 9.07. The van der Waals surface area contributed by atoms with E-state index < -0.39 is 21.8 Å². The lowest BCUT2D eigenvalue weighted by Crippen LogP contribution is -2.43. The first-order valence-electron chi connectivity index (χ1n) is 10.6. The van der Waals surface area contributed by atoms with Crippen LogP contribution < -0.4 is 10.2 Å². The van der Waals surface area contributed by atoms with E-state index in [1.54, 1.807) is 24.3 Å². The largest absolute Gasteiger partial charge is 0.507 e. The van der Waals surface area contributed by atoms with Crippen molar-refractivity contribution in [3.05, 3.63) is 77.9 Å². The highest BCUT2D eigenvalue weighted by Crippen LogP contribution is 2.29. The van der Waals surface area contributed by atoms with Gasteiger partial charge in [0.2, 0.25) is 0 Å². The Morgan fingerprint density at radius 2 is 1.61 bits per heavy atom. The van der Waals surface area contributed by atoms with E-state index in [9.17, 15) is 24.0 Å². The van der Waals surface area contributed by atoms with Crippen LogP contribution in [0.5, 0.6) is 5.75 Å². The highest BCUT2D eigenvalue weighted by molar-refractivity contribution is 8.02. The van der Waals surface area contributed by atoms with E-state index >= 15 is 0 Å². The fourth-order valence-corrected chi connectivity index (χ4v) is 5.44. The summed E-state index contributed by atoms with van der Waals surface area (Å²) >= 11 is 0. The lowest BCUT2D eigenvalue weighted by molar-refractivity contribution is 0.0698. The highest BCUT2D eigenvalue weighted by Gasteiger charge is 2.22. The van der Waals surface area contributed by atoms with Gasteiger partial charge in [-0.25, -0.2) is 4.79 Å². The Kier molecular flexibility index (Phi) is 6.20. The minimum Gasteiger partial charge on any atom is -0.507 e. The molecule has 0 atom stereocenters. The smallest absolute Gasteiger partial charge is 0.337 e. The minimum atomic E-state index is -2.10. The molecule has 0 saturated carbocycles. The van der Waals surface area contributed by atoms with Gasteiger partial charge < -0.3 is 20.4 Å². The number of phenolic OH excluding ortho intramolecular Hbond substituents is 1. The molecular formula is C25H26N2O5S. The third kappa shape index (κ3) is 5.06. The number of anilines is 2. The number of carboxylic acid groups (broad SMARTS) is 1. The van der Waals surface area contributed by atoms with Crippen LogP contribution in [0.25, 0.3) is 11.1 Å². The number of aromatic carboxylic acids is 1. The number of amides is 1. The van der Waals surface area contributed by atoms with Gasteiger partial charge in [-0.3, -0.25) is 9.00 Å². The number of nitrogens with one attached hydrogen (secondary N) is 1. The molecule has 8 heteroatoms. The third-order valence-corrected chi connectivity index (χ3v) is 8.17. The second-order valence-electron chi connectivity index (χ2n) is 8.32. The molecular weight excluding hydrogens is 440 g/mol. The number of benzene rings is 3. The van der Waals surface area contributed by atoms with Crippen molar-refractivity contribution in [2.45, 2.75) is 0 Å². The normalized spacial score (nSPS) is 16.1. The monoisotopic (exact) mass is 466 g/mol. The number of nitrogens with zero attached hydrogens (tertiary/aromatic N) is 1. The Morgan fingerprint density at radius 1 is 0.909 bits per heavy atom. The Hall–Kier alpha value is -3.65. The van der Waals surface area contributed by atoms with E-state index in [0.717, 1.165) is 16.8 Å². The van der Waals surface area contributed by atoms with E-state index in [1.807, 2.05) is 41.5 Å². The SMILES string of the molecule is C[SH]1(=O)CCN(c2ccc(O)c(C(=O)Nc3cc(-c4ccccc4)ccc3C(=O)O)c2)CC1. The summed E-state index contributed by atoms with van der Waals surface area (Å²) in [7, 11) is -2.10. The molecule has 1 amide bonds. The van der Waals surface area contributed by atoms with Crippen molar-refractivity contribution in [3.8, 4) is 16.9 Å². The van der Waals surface area contributed by atoms with Gasteiger partial charge in [0.1, 0.15) is 5.75 Å². The molecule has 7 nitrogen and oxygen atoms in total. The van der Waals surface area contributed by atoms with Crippen molar-refractivity contribution in [2.75, 3.05) is 41.1 Å². The predicted molar refractivity (Wildman–Crippen MR) is 132 cm³/mol. The molecule has 3 aromatic carbocycles. The van der Waals surface area contributed by atoms with Crippen LogP contribution in [0.4, 0.5) is 11.4 Å². The number of hydrogen-bond acceptors (Lipinski definition) is 5. The van der Waals surface area contributed by atoms with Crippen LogP contribution >= 0.6 is 0 Å². The van der Waals surface area contributed by atoms with E-state index in [4.69, 9.17) is 0 Å². The summed E-state index contributed by atoms with van der Waals surface area (Å²) in [6.45, 7) is 1.23. The van der Waals surface area contributed by atoms with E-state index in [0.29, 0.717) is 24.6 Å². The summed E-state index contributed by atoms with van der Waals surface area (Å²) in [5.74, 6) is -0.779. The molecule has 0 spiro atoms. The van der Waals surface area contributed by atoms with Gasteiger partial charge in [-0.1, -0.05) is 36.4 Å². The lowest BCUT2D eigenvalue weighted by Gasteiger charge is -2.34. The Bertz CT molecular complexity index is 1250. The maximum Gasteiger partial charge on any atom is 0.337 e. The summed E-state index contributed by atoms with van der Waals surface area (Å²) in [5, 5.41) is 22.6. The number of carbonyl (C=O) groups excluding carboxylic acids is 1. The molecule has 1 aliphatic heterocycles. The molecule has 1 fully saturated rings. The Balaban J connectivity index is 1.63. The molecule has 0 unspecified atom stereocenters. The third-order valence-electron chi connectivity index (χ3n) is 5.88. The fraction of sp³-hybridized carbons (Fsp3) is 0.200. The zero-order chi connectivity index (χ0) is 23.6. The van der Waals surface area contributed by atoms with Gasteiger partial charge in [-0.15, -0.1) is 9.93 Å². The number of rotatable bonds is 5. The summed E-state index contributed by atoms with van der Waals surface area (Å²) in [6, 6.07) is 18.9. The predicted octanol–water partition coefficient (Wildman–Crippen LogP) is 3.48. The molecule has 0 aromatic heterocycles. The zero-order valence-electron chi connectivity index (χ0n) is 18.2. The number of thiol groups is 1. The first kappa shape index (κ1) is 22.5. The molecule has 0 bridgehead atoms. The van der Waals surface area contributed by atoms with E-state index in [-0.39, 0.29) is 22.6 Å². The van der Waals surface area contributed by atoms with Gasteiger partial charge in [0, 0.05) is 30.3 Å². The second-order valence-corrected chi connectivity index (χ2v) is 11.8. The van der Waals surface area contributed by atoms with Gasteiger partial charge in [-0.05, 0) is 47.7 Å². The first-order valence-corrected chi connectivity index (χ1v) is 13.1. The number of phenols is 1. The van der Waals surface area contributed by atoms with Crippen LogP contribution in [0, 0.1) is 0 Å². The summed E-state index contributed by atoms with van der Waals surface area (Å²) in [6.07, 6.45) is 1.81. The molecule has 4 rings (SSSR count). The van der Waals surface area contributed by atoms with Crippen LogP contribution in [0.2, 0.25) is 0 Å². The summed E-state index contributed by atoms with van der Waals surface area (Å²) in [4.78, 5) is 26.8. The number of hydrogen-bond donors (Lipinski definition) is 4. The molecule has 0 radical (unpaired) electrons. The molecule has 1 aliphatic rings. The maximum atomic E-state index is 13.1. The minimum absolute atomic E-state index is 0.0409. The topological polar surface area (TPSA) is 107 Å². The molecule has 3 aromatic rings. The Labute approximate surface area is 193 Å². The molecule has 33 heavy (non-hydrogen) atoms. The van der Waals surface area contributed by atoms with Crippen molar-refractivity contribution >= 4 is 33.2 Å². The van der Waals surface area contributed by atoms with Crippen LogP contribution in [0.3, 0.4) is 0 Å². The average molecular weight is 467 g/mol. The van der Waals surface area contributed by atoms with Gasteiger partial charge >= 0.3 is 5.97 Å². The van der Waals surface area contributed by atoms with Crippen molar-refractivity contribution < 1.29 is 24.0 Å². The quantitative estimate of drug-likeness (QED) is 0.429. The number of carbonyl (C=O) groups is 2. The first-order chi connectivity index (χ1) is 15.7. The van der Waals surface area contributed by atoms with Crippen molar-refractivity contribution in [1.29, 1.82) is 0 Å². The molecule has 1 heterocycles. The Morgan fingerprint density at radius 3 is 2.27 bits per heavy atom. The van der Waals surface area contributed by atoms with E-state index in [2.05, 4.69) is 5.32 Å². The maximum absolute atomic E-state index is 13.1. The van der Waals surface area contributed by atoms with Crippen LogP contribution in [-0.4, -0.2) is 57.1 Å². The standard InChI is InChI=1S/C25H26N2O5S/c1-33(32)13-11-27(12-14-33)19-8-10-23(28)21(16-19)24(29)26-22-15-18(7-9-20(22)25(30)31)17-5-3-2-4-6-17/h2-10,15-16,28,33H,11-14H2,1H3,(H,26,29)(H,30,31). The van der Waals surface area contributed by atoms with Crippen LogP contribution in [0.1, 0.15) is 20.7 Å². The average Bonchev–Trinajstić information content (AvgIpc) is 2.80. The summed E-state index contributed by atoms with van der Waals surface area (Å²) in [5.41, 5.74) is 2.52. The van der Waals surface area contributed by atoms with Crippen molar-refractivity contribution in [3.63, 3.8) is 0 Å². The molecule has 172 valence electrons.